The van der Waals surface area contributed by atoms with Crippen molar-refractivity contribution in [3.05, 3.63) is 89.0 Å². The molecule has 0 spiro atoms. The number of carbonyl (C=O) groups is 2. The number of rotatable bonds is 9. The highest BCUT2D eigenvalue weighted by atomic mass is 19.1. The molecular formula is C25H26FNO4. The number of benzene rings is 2. The summed E-state index contributed by atoms with van der Waals surface area (Å²) in [6, 6.07) is 17.1. The third-order valence-electron chi connectivity index (χ3n) is 5.13. The van der Waals surface area contributed by atoms with E-state index >= 15 is 0 Å². The Morgan fingerprint density at radius 1 is 1.03 bits per heavy atom. The molecule has 0 fully saturated rings. The van der Waals surface area contributed by atoms with E-state index in [4.69, 9.17) is 9.47 Å². The van der Waals surface area contributed by atoms with E-state index in [1.807, 2.05) is 43.5 Å². The van der Waals surface area contributed by atoms with Crippen LogP contribution in [0.4, 0.5) is 4.39 Å². The number of Topliss-reactive ketones (excluding diaryl/α,β-unsaturated/α-hetero) is 1. The summed E-state index contributed by atoms with van der Waals surface area (Å²) in [4.78, 5) is 25.1. The Hall–Kier alpha value is -3.41. The average Bonchev–Trinajstić information content (AvgIpc) is 3.06. The van der Waals surface area contributed by atoms with E-state index < -0.39 is 12.1 Å². The summed E-state index contributed by atoms with van der Waals surface area (Å²) in [5.74, 6) is -0.563. The van der Waals surface area contributed by atoms with Gasteiger partial charge in [0.1, 0.15) is 11.6 Å². The molecule has 0 aliphatic carbocycles. The van der Waals surface area contributed by atoms with E-state index in [1.165, 1.54) is 12.1 Å². The summed E-state index contributed by atoms with van der Waals surface area (Å²) >= 11 is 0. The number of aromatic nitrogens is 1. The molecule has 0 amide bonds. The van der Waals surface area contributed by atoms with Crippen LogP contribution in [0.25, 0.3) is 0 Å². The molecule has 0 radical (unpaired) electrons. The molecule has 1 atom stereocenters. The summed E-state index contributed by atoms with van der Waals surface area (Å²) in [7, 11) is 0. The summed E-state index contributed by atoms with van der Waals surface area (Å²) in [6.07, 6.45) is -0.352. The van der Waals surface area contributed by atoms with Gasteiger partial charge < -0.3 is 14.0 Å². The molecule has 1 heterocycles. The molecular weight excluding hydrogens is 397 g/mol. The number of halogens is 1. The third-order valence-corrected chi connectivity index (χ3v) is 5.13. The average molecular weight is 423 g/mol. The SMILES string of the molecule is CC[C@@H](Oc1ccccc1)C(=O)OCC(=O)c1cc(C)n(Cc2ccc(F)cc2)c1C. The summed E-state index contributed by atoms with van der Waals surface area (Å²) < 4.78 is 26.1. The highest BCUT2D eigenvalue weighted by molar-refractivity contribution is 5.99. The van der Waals surface area contributed by atoms with Crippen molar-refractivity contribution in [2.45, 2.75) is 39.8 Å². The lowest BCUT2D eigenvalue weighted by Gasteiger charge is -2.16. The largest absolute Gasteiger partial charge is 0.479 e. The van der Waals surface area contributed by atoms with Gasteiger partial charge in [-0.2, -0.15) is 0 Å². The fourth-order valence-electron chi connectivity index (χ4n) is 3.37. The van der Waals surface area contributed by atoms with Crippen molar-refractivity contribution in [3.8, 4) is 5.75 Å². The Morgan fingerprint density at radius 2 is 1.71 bits per heavy atom. The first-order chi connectivity index (χ1) is 14.9. The Bertz CT molecular complexity index is 1040. The van der Waals surface area contributed by atoms with Gasteiger partial charge in [-0.25, -0.2) is 9.18 Å². The molecule has 31 heavy (non-hydrogen) atoms. The number of ether oxygens (including phenoxy) is 2. The first-order valence-corrected chi connectivity index (χ1v) is 10.2. The van der Waals surface area contributed by atoms with Gasteiger partial charge in [-0.3, -0.25) is 4.79 Å². The van der Waals surface area contributed by atoms with E-state index in [1.54, 1.807) is 30.3 Å². The van der Waals surface area contributed by atoms with E-state index in [0.29, 0.717) is 24.3 Å². The normalized spacial score (nSPS) is 11.7. The highest BCUT2D eigenvalue weighted by Crippen LogP contribution is 2.19. The van der Waals surface area contributed by atoms with Crippen molar-refractivity contribution in [1.82, 2.24) is 4.57 Å². The zero-order valence-electron chi connectivity index (χ0n) is 17.9. The minimum Gasteiger partial charge on any atom is -0.479 e. The standard InChI is InChI=1S/C25H26FNO4/c1-4-24(31-21-8-6-5-7-9-21)25(29)30-16-23(28)22-14-17(2)27(18(22)3)15-19-10-12-20(26)13-11-19/h5-14,24H,4,15-16H2,1-3H3/t24-/m1/s1. The van der Waals surface area contributed by atoms with Crippen LogP contribution in [0.15, 0.2) is 60.7 Å². The van der Waals surface area contributed by atoms with Gasteiger partial charge in [0.15, 0.2) is 12.7 Å². The van der Waals surface area contributed by atoms with Gasteiger partial charge in [-0.05, 0) is 56.2 Å². The molecule has 0 aliphatic heterocycles. The number of esters is 1. The van der Waals surface area contributed by atoms with E-state index in [0.717, 1.165) is 17.0 Å². The summed E-state index contributed by atoms with van der Waals surface area (Å²) in [5.41, 5.74) is 3.10. The zero-order valence-corrected chi connectivity index (χ0v) is 17.9. The molecule has 5 nitrogen and oxygen atoms in total. The highest BCUT2D eigenvalue weighted by Gasteiger charge is 2.23. The number of hydrogen-bond acceptors (Lipinski definition) is 4. The van der Waals surface area contributed by atoms with Crippen molar-refractivity contribution in [2.24, 2.45) is 0 Å². The first kappa shape index (κ1) is 22.3. The lowest BCUT2D eigenvalue weighted by Crippen LogP contribution is -2.30. The maximum absolute atomic E-state index is 13.1. The van der Waals surface area contributed by atoms with Crippen LogP contribution in [0.2, 0.25) is 0 Å². The summed E-state index contributed by atoms with van der Waals surface area (Å²) in [5, 5.41) is 0. The van der Waals surface area contributed by atoms with Gasteiger partial charge in [-0.1, -0.05) is 37.3 Å². The van der Waals surface area contributed by atoms with Crippen molar-refractivity contribution in [2.75, 3.05) is 6.61 Å². The van der Waals surface area contributed by atoms with Crippen LogP contribution < -0.4 is 4.74 Å². The van der Waals surface area contributed by atoms with Crippen molar-refractivity contribution < 1.29 is 23.5 Å². The number of para-hydroxylation sites is 1. The van der Waals surface area contributed by atoms with Gasteiger partial charge in [0.05, 0.1) is 0 Å². The molecule has 0 saturated heterocycles. The molecule has 1 aromatic heterocycles. The van der Waals surface area contributed by atoms with E-state index in [9.17, 15) is 14.0 Å². The number of carbonyl (C=O) groups excluding carboxylic acids is 2. The maximum atomic E-state index is 13.1. The number of aryl methyl sites for hydroxylation is 1. The van der Waals surface area contributed by atoms with E-state index in [2.05, 4.69) is 0 Å². The molecule has 6 heteroatoms. The van der Waals surface area contributed by atoms with Crippen LogP contribution in [0, 0.1) is 19.7 Å². The summed E-state index contributed by atoms with van der Waals surface area (Å²) in [6.45, 7) is 5.74. The number of hydrogen-bond donors (Lipinski definition) is 0. The molecule has 0 unspecified atom stereocenters. The fraction of sp³-hybridized carbons (Fsp3) is 0.280. The minimum atomic E-state index is -0.777. The molecule has 0 N–H and O–H groups in total. The van der Waals surface area contributed by atoms with Crippen LogP contribution in [0.5, 0.6) is 5.75 Å². The minimum absolute atomic E-state index is 0.277. The molecule has 2 aromatic carbocycles. The first-order valence-electron chi connectivity index (χ1n) is 10.2. The van der Waals surface area contributed by atoms with Crippen LogP contribution in [0.3, 0.4) is 0 Å². The number of nitrogens with zero attached hydrogens (tertiary/aromatic N) is 1. The lowest BCUT2D eigenvalue weighted by atomic mass is 10.1. The molecule has 3 aromatic rings. The van der Waals surface area contributed by atoms with Gasteiger partial charge in [0.25, 0.3) is 0 Å². The Balaban J connectivity index is 1.63. The molecule has 3 rings (SSSR count). The Labute approximate surface area is 181 Å². The topological polar surface area (TPSA) is 57.5 Å². The van der Waals surface area contributed by atoms with Gasteiger partial charge in [-0.15, -0.1) is 0 Å². The molecule has 162 valence electrons. The quantitative estimate of drug-likeness (QED) is 0.364. The van der Waals surface area contributed by atoms with Crippen LogP contribution >= 0.6 is 0 Å². The third kappa shape index (κ3) is 5.60. The van der Waals surface area contributed by atoms with E-state index in [-0.39, 0.29) is 18.2 Å². The lowest BCUT2D eigenvalue weighted by molar-refractivity contribution is -0.150. The van der Waals surface area contributed by atoms with Gasteiger partial charge in [0, 0.05) is 23.5 Å². The van der Waals surface area contributed by atoms with Crippen LogP contribution in [0.1, 0.15) is 40.7 Å². The second kappa shape index (κ2) is 10.1. The molecule has 0 bridgehead atoms. The fourth-order valence-corrected chi connectivity index (χ4v) is 3.37. The smallest absolute Gasteiger partial charge is 0.347 e. The predicted molar refractivity (Wildman–Crippen MR) is 116 cm³/mol. The Kier molecular flexibility index (Phi) is 7.23. The maximum Gasteiger partial charge on any atom is 0.347 e. The van der Waals surface area contributed by atoms with Crippen molar-refractivity contribution >= 4 is 11.8 Å². The van der Waals surface area contributed by atoms with Gasteiger partial charge in [0.2, 0.25) is 5.78 Å². The van der Waals surface area contributed by atoms with Crippen LogP contribution in [-0.4, -0.2) is 29.0 Å². The van der Waals surface area contributed by atoms with Crippen molar-refractivity contribution in [1.29, 1.82) is 0 Å². The zero-order chi connectivity index (χ0) is 22.4. The second-order valence-corrected chi connectivity index (χ2v) is 7.36. The predicted octanol–water partition coefficient (Wildman–Crippen LogP) is 4.88. The van der Waals surface area contributed by atoms with Crippen LogP contribution in [-0.2, 0) is 16.1 Å². The molecule has 0 saturated carbocycles. The second-order valence-electron chi connectivity index (χ2n) is 7.36. The monoisotopic (exact) mass is 423 g/mol. The number of ketones is 1. The molecule has 0 aliphatic rings. The van der Waals surface area contributed by atoms with Crippen molar-refractivity contribution in [3.63, 3.8) is 0 Å². The van der Waals surface area contributed by atoms with Gasteiger partial charge >= 0.3 is 5.97 Å². The Morgan fingerprint density at radius 3 is 2.35 bits per heavy atom.